The van der Waals surface area contributed by atoms with Crippen LogP contribution in [0.15, 0.2) is 28.9 Å². The van der Waals surface area contributed by atoms with Crippen molar-refractivity contribution in [3.05, 3.63) is 47.1 Å². The summed E-state index contributed by atoms with van der Waals surface area (Å²) in [5.41, 5.74) is 3.21. The summed E-state index contributed by atoms with van der Waals surface area (Å²) in [5.74, 6) is 0.898. The average molecular weight is 231 g/mol. The van der Waals surface area contributed by atoms with Gasteiger partial charge in [-0.1, -0.05) is 11.2 Å². The van der Waals surface area contributed by atoms with Crippen LogP contribution in [-0.2, 0) is 13.1 Å². The molecule has 0 aliphatic carbocycles. The zero-order chi connectivity index (χ0) is 12.3. The van der Waals surface area contributed by atoms with Gasteiger partial charge in [0.15, 0.2) is 0 Å². The first kappa shape index (κ1) is 11.8. The molecule has 0 N–H and O–H groups in total. The highest BCUT2D eigenvalue weighted by Crippen LogP contribution is 2.15. The molecule has 0 bridgehead atoms. The largest absolute Gasteiger partial charge is 0.361 e. The summed E-state index contributed by atoms with van der Waals surface area (Å²) in [4.78, 5) is 6.52. The maximum Gasteiger partial charge on any atom is 0.138 e. The van der Waals surface area contributed by atoms with Crippen LogP contribution in [0.1, 0.15) is 22.7 Å². The number of rotatable bonds is 4. The van der Waals surface area contributed by atoms with Crippen LogP contribution in [0.3, 0.4) is 0 Å². The van der Waals surface area contributed by atoms with Crippen LogP contribution in [0.5, 0.6) is 0 Å². The molecule has 90 valence electrons. The molecule has 17 heavy (non-hydrogen) atoms. The Labute approximate surface area is 101 Å². The Kier molecular flexibility index (Phi) is 3.54. The van der Waals surface area contributed by atoms with Crippen molar-refractivity contribution >= 4 is 0 Å². The summed E-state index contributed by atoms with van der Waals surface area (Å²) in [6.45, 7) is 5.58. The lowest BCUT2D eigenvalue weighted by atomic mass is 10.2. The standard InChI is InChI=1S/C13H17N3O/c1-10-13(11(2)17-15-10)9-16(3)8-12-6-4-5-7-14-12/h4-7H,8-9H2,1-3H3. The van der Waals surface area contributed by atoms with E-state index in [1.807, 2.05) is 38.2 Å². The molecule has 2 rings (SSSR count). The molecule has 2 aromatic heterocycles. The molecule has 2 aromatic rings. The third-order valence-electron chi connectivity index (χ3n) is 2.77. The number of hydrogen-bond acceptors (Lipinski definition) is 4. The topological polar surface area (TPSA) is 42.2 Å². The van der Waals surface area contributed by atoms with E-state index in [1.165, 1.54) is 5.56 Å². The third kappa shape index (κ3) is 2.91. The molecule has 0 atom stereocenters. The number of aromatic nitrogens is 2. The molecule has 0 saturated carbocycles. The number of nitrogens with zero attached hydrogens (tertiary/aromatic N) is 3. The van der Waals surface area contributed by atoms with Crippen LogP contribution >= 0.6 is 0 Å². The molecule has 0 aliphatic heterocycles. The molecule has 4 nitrogen and oxygen atoms in total. The first-order valence-electron chi connectivity index (χ1n) is 5.67. The zero-order valence-corrected chi connectivity index (χ0v) is 10.5. The lowest BCUT2D eigenvalue weighted by Gasteiger charge is -2.15. The van der Waals surface area contributed by atoms with Crippen LogP contribution in [0.4, 0.5) is 0 Å². The minimum Gasteiger partial charge on any atom is -0.361 e. The highest BCUT2D eigenvalue weighted by molar-refractivity contribution is 5.20. The molecule has 0 spiro atoms. The fourth-order valence-corrected chi connectivity index (χ4v) is 1.82. The predicted octanol–water partition coefficient (Wildman–Crippen LogP) is 2.32. The van der Waals surface area contributed by atoms with E-state index < -0.39 is 0 Å². The Bertz CT molecular complexity index is 459. The first-order valence-corrected chi connectivity index (χ1v) is 5.67. The second-order valence-electron chi connectivity index (χ2n) is 4.30. The summed E-state index contributed by atoms with van der Waals surface area (Å²) in [5, 5.41) is 3.96. The molecule has 0 aromatic carbocycles. The SMILES string of the molecule is Cc1noc(C)c1CN(C)Cc1ccccn1. The van der Waals surface area contributed by atoms with Crippen LogP contribution in [-0.4, -0.2) is 22.1 Å². The van der Waals surface area contributed by atoms with E-state index in [0.717, 1.165) is 30.2 Å². The van der Waals surface area contributed by atoms with Crippen molar-refractivity contribution < 1.29 is 4.52 Å². The van der Waals surface area contributed by atoms with Crippen molar-refractivity contribution in [3.63, 3.8) is 0 Å². The van der Waals surface area contributed by atoms with Gasteiger partial charge in [0.1, 0.15) is 5.76 Å². The molecule has 0 radical (unpaired) electrons. The van der Waals surface area contributed by atoms with E-state index in [1.54, 1.807) is 0 Å². The second kappa shape index (κ2) is 5.10. The summed E-state index contributed by atoms with van der Waals surface area (Å²) in [7, 11) is 2.07. The van der Waals surface area contributed by atoms with Crippen molar-refractivity contribution in [3.8, 4) is 0 Å². The number of hydrogen-bond donors (Lipinski definition) is 0. The van der Waals surface area contributed by atoms with Gasteiger partial charge in [-0.2, -0.15) is 0 Å². The number of pyridine rings is 1. The molecule has 2 heterocycles. The molecular weight excluding hydrogens is 214 g/mol. The van der Waals surface area contributed by atoms with Gasteiger partial charge in [-0.3, -0.25) is 9.88 Å². The van der Waals surface area contributed by atoms with Gasteiger partial charge in [0, 0.05) is 24.8 Å². The lowest BCUT2D eigenvalue weighted by Crippen LogP contribution is -2.18. The van der Waals surface area contributed by atoms with E-state index in [9.17, 15) is 0 Å². The van der Waals surface area contributed by atoms with E-state index in [-0.39, 0.29) is 0 Å². The second-order valence-corrected chi connectivity index (χ2v) is 4.30. The Morgan fingerprint density at radius 1 is 1.24 bits per heavy atom. The molecular formula is C13H17N3O. The maximum absolute atomic E-state index is 5.15. The summed E-state index contributed by atoms with van der Waals surface area (Å²) < 4.78 is 5.15. The fourth-order valence-electron chi connectivity index (χ4n) is 1.82. The molecule has 4 heteroatoms. The van der Waals surface area contributed by atoms with E-state index >= 15 is 0 Å². The van der Waals surface area contributed by atoms with Crippen molar-refractivity contribution in [2.24, 2.45) is 0 Å². The van der Waals surface area contributed by atoms with Gasteiger partial charge >= 0.3 is 0 Å². The summed E-state index contributed by atoms with van der Waals surface area (Å²) >= 11 is 0. The van der Waals surface area contributed by atoms with Crippen LogP contribution in [0.2, 0.25) is 0 Å². The predicted molar refractivity (Wildman–Crippen MR) is 65.4 cm³/mol. The Hall–Kier alpha value is -1.68. The summed E-state index contributed by atoms with van der Waals surface area (Å²) in [6, 6.07) is 5.97. The first-order chi connectivity index (χ1) is 8.16. The Morgan fingerprint density at radius 2 is 2.06 bits per heavy atom. The normalized spacial score (nSPS) is 11.1. The lowest BCUT2D eigenvalue weighted by molar-refractivity contribution is 0.311. The zero-order valence-electron chi connectivity index (χ0n) is 10.5. The number of aryl methyl sites for hydroxylation is 2. The molecule has 0 unspecified atom stereocenters. The van der Waals surface area contributed by atoms with Crippen molar-refractivity contribution in [2.75, 3.05) is 7.05 Å². The minimum absolute atomic E-state index is 0.824. The van der Waals surface area contributed by atoms with Gasteiger partial charge in [0.25, 0.3) is 0 Å². The minimum atomic E-state index is 0.824. The molecule has 0 saturated heterocycles. The summed E-state index contributed by atoms with van der Waals surface area (Å²) in [6.07, 6.45) is 1.82. The van der Waals surface area contributed by atoms with Crippen LogP contribution < -0.4 is 0 Å². The van der Waals surface area contributed by atoms with Crippen molar-refractivity contribution in [1.82, 2.24) is 15.0 Å². The molecule has 0 fully saturated rings. The Balaban J connectivity index is 2.01. The van der Waals surface area contributed by atoms with Gasteiger partial charge in [-0.05, 0) is 33.0 Å². The van der Waals surface area contributed by atoms with Gasteiger partial charge in [-0.25, -0.2) is 0 Å². The molecule has 0 aliphatic rings. The van der Waals surface area contributed by atoms with Crippen molar-refractivity contribution in [2.45, 2.75) is 26.9 Å². The quantitative estimate of drug-likeness (QED) is 0.809. The third-order valence-corrected chi connectivity index (χ3v) is 2.77. The fraction of sp³-hybridized carbons (Fsp3) is 0.385. The molecule has 0 amide bonds. The van der Waals surface area contributed by atoms with Gasteiger partial charge in [0.05, 0.1) is 11.4 Å². The maximum atomic E-state index is 5.15. The van der Waals surface area contributed by atoms with Crippen molar-refractivity contribution in [1.29, 1.82) is 0 Å². The van der Waals surface area contributed by atoms with Gasteiger partial charge in [-0.15, -0.1) is 0 Å². The highest BCUT2D eigenvalue weighted by Gasteiger charge is 2.11. The van der Waals surface area contributed by atoms with Gasteiger partial charge < -0.3 is 4.52 Å². The highest BCUT2D eigenvalue weighted by atomic mass is 16.5. The van der Waals surface area contributed by atoms with E-state index in [4.69, 9.17) is 4.52 Å². The van der Waals surface area contributed by atoms with Gasteiger partial charge in [0.2, 0.25) is 0 Å². The van der Waals surface area contributed by atoms with E-state index in [2.05, 4.69) is 22.1 Å². The smallest absolute Gasteiger partial charge is 0.138 e. The van der Waals surface area contributed by atoms with Crippen LogP contribution in [0, 0.1) is 13.8 Å². The van der Waals surface area contributed by atoms with E-state index in [0.29, 0.717) is 0 Å². The Morgan fingerprint density at radius 3 is 2.65 bits per heavy atom. The average Bonchev–Trinajstić information content (AvgIpc) is 2.62. The monoisotopic (exact) mass is 231 g/mol. The van der Waals surface area contributed by atoms with Crippen LogP contribution in [0.25, 0.3) is 0 Å².